The van der Waals surface area contributed by atoms with Gasteiger partial charge in [-0.1, -0.05) is 12.8 Å². The number of fused-ring (bicyclic) bond motifs is 1. The molecular weight excluding hydrogens is 252 g/mol. The van der Waals surface area contributed by atoms with Gasteiger partial charge in [0.2, 0.25) is 0 Å². The van der Waals surface area contributed by atoms with Crippen molar-refractivity contribution in [2.24, 2.45) is 0 Å². The highest BCUT2D eigenvalue weighted by atomic mass is 16.3. The largest absolute Gasteiger partial charge is 0.394 e. The number of hydrogen-bond acceptors (Lipinski definition) is 3. The van der Waals surface area contributed by atoms with Gasteiger partial charge < -0.3 is 15.3 Å². The van der Waals surface area contributed by atoms with Gasteiger partial charge in [-0.05, 0) is 43.0 Å². The van der Waals surface area contributed by atoms with E-state index in [0.717, 1.165) is 56.4 Å². The Bertz CT molecular complexity index is 501. The molecule has 2 aliphatic rings. The molecule has 108 valence electrons. The Balaban J connectivity index is 1.83. The average molecular weight is 274 g/mol. The normalized spacial score (nSPS) is 22.1. The molecule has 0 aromatic heterocycles. The van der Waals surface area contributed by atoms with Crippen LogP contribution in [-0.2, 0) is 6.42 Å². The minimum absolute atomic E-state index is 0.0172. The average Bonchev–Trinajstić information content (AvgIpc) is 2.81. The second kappa shape index (κ2) is 5.83. The van der Waals surface area contributed by atoms with Crippen LogP contribution in [0.25, 0.3) is 0 Å². The maximum atomic E-state index is 12.7. The van der Waals surface area contributed by atoms with Crippen LogP contribution in [0.5, 0.6) is 0 Å². The molecule has 0 aliphatic carbocycles. The van der Waals surface area contributed by atoms with Gasteiger partial charge in [0.05, 0.1) is 12.6 Å². The molecule has 1 fully saturated rings. The van der Waals surface area contributed by atoms with E-state index in [0.29, 0.717) is 0 Å². The SMILES string of the molecule is O=C(c1ccc2c(c1)CCN2)N1CCCCCC1CO. The Morgan fingerprint density at radius 1 is 1.35 bits per heavy atom. The van der Waals surface area contributed by atoms with Crippen LogP contribution >= 0.6 is 0 Å². The maximum absolute atomic E-state index is 12.7. The Kier molecular flexibility index (Phi) is 3.92. The summed E-state index contributed by atoms with van der Waals surface area (Å²) in [6, 6.07) is 5.90. The lowest BCUT2D eigenvalue weighted by Crippen LogP contribution is -2.42. The minimum Gasteiger partial charge on any atom is -0.394 e. The van der Waals surface area contributed by atoms with Gasteiger partial charge in [-0.25, -0.2) is 0 Å². The Labute approximate surface area is 119 Å². The predicted molar refractivity (Wildman–Crippen MR) is 79.0 cm³/mol. The number of hydrogen-bond donors (Lipinski definition) is 2. The van der Waals surface area contributed by atoms with Gasteiger partial charge in [-0.3, -0.25) is 4.79 Å². The number of rotatable bonds is 2. The van der Waals surface area contributed by atoms with Crippen molar-refractivity contribution in [3.05, 3.63) is 29.3 Å². The number of aliphatic hydroxyl groups excluding tert-OH is 1. The number of aliphatic hydroxyl groups is 1. The smallest absolute Gasteiger partial charge is 0.254 e. The third kappa shape index (κ3) is 2.52. The van der Waals surface area contributed by atoms with Crippen molar-refractivity contribution >= 4 is 11.6 Å². The molecule has 0 radical (unpaired) electrons. The van der Waals surface area contributed by atoms with E-state index in [1.54, 1.807) is 0 Å². The molecule has 3 rings (SSSR count). The van der Waals surface area contributed by atoms with Crippen LogP contribution in [0.3, 0.4) is 0 Å². The highest BCUT2D eigenvalue weighted by Crippen LogP contribution is 2.25. The standard InChI is InChI=1S/C16H22N2O2/c19-11-14-4-2-1-3-9-18(14)16(20)13-5-6-15-12(10-13)7-8-17-15/h5-6,10,14,17,19H,1-4,7-9,11H2. The van der Waals surface area contributed by atoms with Gasteiger partial charge in [0, 0.05) is 24.3 Å². The molecule has 1 unspecified atom stereocenters. The number of amides is 1. The summed E-state index contributed by atoms with van der Waals surface area (Å²) >= 11 is 0. The number of nitrogens with one attached hydrogen (secondary N) is 1. The summed E-state index contributed by atoms with van der Waals surface area (Å²) in [7, 11) is 0. The third-order valence-electron chi connectivity index (χ3n) is 4.41. The quantitative estimate of drug-likeness (QED) is 0.867. The van der Waals surface area contributed by atoms with Gasteiger partial charge >= 0.3 is 0 Å². The van der Waals surface area contributed by atoms with Crippen molar-refractivity contribution in [2.75, 3.05) is 25.0 Å². The van der Waals surface area contributed by atoms with E-state index >= 15 is 0 Å². The van der Waals surface area contributed by atoms with Crippen molar-refractivity contribution in [3.63, 3.8) is 0 Å². The molecule has 4 heteroatoms. The lowest BCUT2D eigenvalue weighted by molar-refractivity contribution is 0.0600. The zero-order valence-electron chi connectivity index (χ0n) is 11.8. The van der Waals surface area contributed by atoms with Crippen LogP contribution < -0.4 is 5.32 Å². The molecular formula is C16H22N2O2. The topological polar surface area (TPSA) is 52.6 Å². The highest BCUT2D eigenvalue weighted by molar-refractivity contribution is 5.95. The number of nitrogens with zero attached hydrogens (tertiary/aromatic N) is 1. The van der Waals surface area contributed by atoms with Crippen LogP contribution in [0.1, 0.15) is 41.6 Å². The van der Waals surface area contributed by atoms with Crippen LogP contribution in [0.2, 0.25) is 0 Å². The molecule has 1 aromatic carbocycles. The van der Waals surface area contributed by atoms with Crippen LogP contribution in [0.15, 0.2) is 18.2 Å². The fraction of sp³-hybridized carbons (Fsp3) is 0.562. The van der Waals surface area contributed by atoms with Crippen molar-refractivity contribution in [1.29, 1.82) is 0 Å². The summed E-state index contributed by atoms with van der Waals surface area (Å²) in [5.41, 5.74) is 3.13. The number of likely N-dealkylation sites (tertiary alicyclic amines) is 1. The van der Waals surface area contributed by atoms with Gasteiger partial charge in [0.1, 0.15) is 0 Å². The highest BCUT2D eigenvalue weighted by Gasteiger charge is 2.26. The Hall–Kier alpha value is -1.55. The van der Waals surface area contributed by atoms with Crippen LogP contribution in [0.4, 0.5) is 5.69 Å². The summed E-state index contributed by atoms with van der Waals surface area (Å²) in [6.45, 7) is 1.79. The summed E-state index contributed by atoms with van der Waals surface area (Å²) in [6.07, 6.45) is 5.18. The second-order valence-electron chi connectivity index (χ2n) is 5.73. The molecule has 0 spiro atoms. The number of carbonyl (C=O) groups is 1. The van der Waals surface area contributed by atoms with Crippen LogP contribution in [0, 0.1) is 0 Å². The second-order valence-corrected chi connectivity index (χ2v) is 5.73. The molecule has 1 atom stereocenters. The van der Waals surface area contributed by atoms with Crippen molar-refractivity contribution in [2.45, 2.75) is 38.1 Å². The van der Waals surface area contributed by atoms with E-state index in [2.05, 4.69) is 5.32 Å². The van der Waals surface area contributed by atoms with Gasteiger partial charge in [0.15, 0.2) is 0 Å². The van der Waals surface area contributed by atoms with Crippen molar-refractivity contribution < 1.29 is 9.90 Å². The fourth-order valence-electron chi connectivity index (χ4n) is 3.24. The first-order valence-electron chi connectivity index (χ1n) is 7.58. The van der Waals surface area contributed by atoms with Crippen molar-refractivity contribution in [1.82, 2.24) is 4.90 Å². The molecule has 2 heterocycles. The monoisotopic (exact) mass is 274 g/mol. The van der Waals surface area contributed by atoms with E-state index in [-0.39, 0.29) is 18.6 Å². The molecule has 0 bridgehead atoms. The first-order valence-corrected chi connectivity index (χ1v) is 7.58. The van der Waals surface area contributed by atoms with Crippen molar-refractivity contribution in [3.8, 4) is 0 Å². The minimum atomic E-state index is -0.0172. The zero-order valence-corrected chi connectivity index (χ0v) is 11.8. The Morgan fingerprint density at radius 2 is 2.25 bits per heavy atom. The molecule has 4 nitrogen and oxygen atoms in total. The molecule has 2 N–H and O–H groups in total. The molecule has 1 amide bonds. The maximum Gasteiger partial charge on any atom is 0.254 e. The molecule has 2 aliphatic heterocycles. The van der Waals surface area contributed by atoms with E-state index in [1.807, 2.05) is 23.1 Å². The summed E-state index contributed by atoms with van der Waals surface area (Å²) in [4.78, 5) is 14.6. The Morgan fingerprint density at radius 3 is 3.10 bits per heavy atom. The lowest BCUT2D eigenvalue weighted by Gasteiger charge is -2.28. The summed E-state index contributed by atoms with van der Waals surface area (Å²) in [5.74, 6) is 0.0700. The van der Waals surface area contributed by atoms with E-state index in [4.69, 9.17) is 0 Å². The molecule has 1 saturated heterocycles. The first kappa shape index (κ1) is 13.4. The predicted octanol–water partition coefficient (Wildman–Crippen LogP) is 2.03. The lowest BCUT2D eigenvalue weighted by atomic mass is 10.1. The number of benzene rings is 1. The van der Waals surface area contributed by atoms with Gasteiger partial charge in [-0.2, -0.15) is 0 Å². The fourth-order valence-corrected chi connectivity index (χ4v) is 3.24. The first-order chi connectivity index (χ1) is 9.79. The van der Waals surface area contributed by atoms with E-state index in [1.165, 1.54) is 5.56 Å². The number of carbonyl (C=O) groups excluding carboxylic acids is 1. The third-order valence-corrected chi connectivity index (χ3v) is 4.41. The zero-order chi connectivity index (χ0) is 13.9. The van der Waals surface area contributed by atoms with E-state index < -0.39 is 0 Å². The van der Waals surface area contributed by atoms with Crippen LogP contribution in [-0.4, -0.2) is 41.7 Å². The van der Waals surface area contributed by atoms with Gasteiger partial charge in [0.25, 0.3) is 5.91 Å². The molecule has 20 heavy (non-hydrogen) atoms. The van der Waals surface area contributed by atoms with Gasteiger partial charge in [-0.15, -0.1) is 0 Å². The van der Waals surface area contributed by atoms with E-state index in [9.17, 15) is 9.90 Å². The summed E-state index contributed by atoms with van der Waals surface area (Å²) < 4.78 is 0. The summed E-state index contributed by atoms with van der Waals surface area (Å²) in [5, 5.41) is 12.8. The number of anilines is 1. The molecule has 1 aromatic rings. The molecule has 0 saturated carbocycles.